The van der Waals surface area contributed by atoms with E-state index >= 15 is 0 Å². The second-order valence-electron chi connectivity index (χ2n) is 7.42. The Hall–Kier alpha value is -0.950. The van der Waals surface area contributed by atoms with E-state index < -0.39 is 10.0 Å². The Morgan fingerprint density at radius 3 is 2.36 bits per heavy atom. The second-order valence-corrected chi connectivity index (χ2v) is 9.18. The Morgan fingerprint density at radius 2 is 1.76 bits per heavy atom. The minimum atomic E-state index is -3.47. The third-order valence-corrected chi connectivity index (χ3v) is 7.01. The zero-order valence-electron chi connectivity index (χ0n) is 15.2. The monoisotopic (exact) mass is 366 g/mol. The number of benzene rings is 1. The van der Waals surface area contributed by atoms with Crippen LogP contribution in [0.5, 0.6) is 0 Å². The zero-order valence-corrected chi connectivity index (χ0v) is 16.0. The minimum Gasteiger partial charge on any atom is -0.381 e. The van der Waals surface area contributed by atoms with Crippen molar-refractivity contribution in [3.63, 3.8) is 0 Å². The molecular formula is C19H30N2O3S. The lowest BCUT2D eigenvalue weighted by Gasteiger charge is -2.40. The van der Waals surface area contributed by atoms with Crippen LogP contribution in [-0.4, -0.2) is 52.7 Å². The maximum Gasteiger partial charge on any atom is 0.240 e. The molecule has 0 bridgehead atoms. The van der Waals surface area contributed by atoms with Crippen LogP contribution in [0.3, 0.4) is 0 Å². The normalized spacial score (nSPS) is 21.5. The SMILES string of the molecule is CCc1ccc(S(=O)(=O)NCC2(CN3CCCC3)CCOCC2)cc1. The largest absolute Gasteiger partial charge is 0.381 e. The van der Waals surface area contributed by atoms with Crippen LogP contribution in [0.1, 0.15) is 38.2 Å². The predicted octanol–water partition coefficient (Wildman–Crippen LogP) is 2.42. The summed E-state index contributed by atoms with van der Waals surface area (Å²) in [4.78, 5) is 2.84. The van der Waals surface area contributed by atoms with Crippen LogP contribution in [0, 0.1) is 5.41 Å². The van der Waals surface area contributed by atoms with Gasteiger partial charge in [0.15, 0.2) is 0 Å². The fourth-order valence-electron chi connectivity index (χ4n) is 3.85. The Balaban J connectivity index is 1.68. The molecule has 1 N–H and O–H groups in total. The molecule has 3 rings (SSSR count). The van der Waals surface area contributed by atoms with E-state index in [2.05, 4.69) is 16.5 Å². The van der Waals surface area contributed by atoms with Gasteiger partial charge in [-0.15, -0.1) is 0 Å². The fourth-order valence-corrected chi connectivity index (χ4v) is 5.00. The van der Waals surface area contributed by atoms with Gasteiger partial charge in [-0.25, -0.2) is 13.1 Å². The number of hydrogen-bond acceptors (Lipinski definition) is 4. The predicted molar refractivity (Wildman–Crippen MR) is 99.2 cm³/mol. The maximum atomic E-state index is 12.7. The summed E-state index contributed by atoms with van der Waals surface area (Å²) < 4.78 is 33.8. The van der Waals surface area contributed by atoms with Crippen molar-refractivity contribution in [2.24, 2.45) is 5.41 Å². The molecule has 2 saturated heterocycles. The standard InChI is InChI=1S/C19H30N2O3S/c1-2-17-5-7-18(8-6-17)25(22,23)20-15-19(9-13-24-14-10-19)16-21-11-3-4-12-21/h5-8,20H,2-4,9-16H2,1H3. The van der Waals surface area contributed by atoms with E-state index in [9.17, 15) is 8.42 Å². The van der Waals surface area contributed by atoms with Gasteiger partial charge in [0, 0.05) is 31.7 Å². The molecule has 0 aromatic heterocycles. The van der Waals surface area contributed by atoms with Gasteiger partial charge >= 0.3 is 0 Å². The van der Waals surface area contributed by atoms with E-state index in [-0.39, 0.29) is 5.41 Å². The molecule has 0 unspecified atom stereocenters. The number of nitrogens with zero attached hydrogens (tertiary/aromatic N) is 1. The lowest BCUT2D eigenvalue weighted by molar-refractivity contribution is 0.00157. The molecule has 0 radical (unpaired) electrons. The van der Waals surface area contributed by atoms with Gasteiger partial charge in [0.2, 0.25) is 10.0 Å². The summed E-state index contributed by atoms with van der Waals surface area (Å²) in [5, 5.41) is 0. The van der Waals surface area contributed by atoms with Gasteiger partial charge in [0.05, 0.1) is 4.90 Å². The van der Waals surface area contributed by atoms with Gasteiger partial charge in [0.1, 0.15) is 0 Å². The number of sulfonamides is 1. The van der Waals surface area contributed by atoms with Crippen molar-refractivity contribution in [2.45, 2.75) is 43.9 Å². The number of hydrogen-bond donors (Lipinski definition) is 1. The summed E-state index contributed by atoms with van der Waals surface area (Å²) in [6, 6.07) is 7.20. The van der Waals surface area contributed by atoms with Gasteiger partial charge in [-0.2, -0.15) is 0 Å². The van der Waals surface area contributed by atoms with Crippen molar-refractivity contribution in [2.75, 3.05) is 39.4 Å². The smallest absolute Gasteiger partial charge is 0.240 e. The van der Waals surface area contributed by atoms with Crippen molar-refractivity contribution < 1.29 is 13.2 Å². The number of aryl methyl sites for hydroxylation is 1. The molecule has 25 heavy (non-hydrogen) atoms. The summed E-state index contributed by atoms with van der Waals surface area (Å²) in [6.45, 7) is 7.23. The van der Waals surface area contributed by atoms with Crippen molar-refractivity contribution in [1.29, 1.82) is 0 Å². The summed E-state index contributed by atoms with van der Waals surface area (Å²) in [7, 11) is -3.47. The van der Waals surface area contributed by atoms with E-state index in [0.29, 0.717) is 11.4 Å². The van der Waals surface area contributed by atoms with E-state index in [1.54, 1.807) is 12.1 Å². The molecule has 0 atom stereocenters. The molecule has 0 aliphatic carbocycles. The first kappa shape index (κ1) is 18.8. The molecule has 0 amide bonds. The van der Waals surface area contributed by atoms with Crippen molar-refractivity contribution in [1.82, 2.24) is 9.62 Å². The molecule has 2 fully saturated rings. The number of likely N-dealkylation sites (tertiary alicyclic amines) is 1. The van der Waals surface area contributed by atoms with Crippen molar-refractivity contribution in [3.05, 3.63) is 29.8 Å². The molecule has 2 aliphatic heterocycles. The molecule has 5 nitrogen and oxygen atoms in total. The third-order valence-electron chi connectivity index (χ3n) is 5.59. The number of ether oxygens (including phenoxy) is 1. The highest BCUT2D eigenvalue weighted by atomic mass is 32.2. The molecule has 6 heteroatoms. The number of rotatable bonds is 7. The lowest BCUT2D eigenvalue weighted by atomic mass is 9.80. The average molecular weight is 367 g/mol. The first-order chi connectivity index (χ1) is 12.0. The highest BCUT2D eigenvalue weighted by molar-refractivity contribution is 7.89. The van der Waals surface area contributed by atoms with Gasteiger partial charge in [-0.1, -0.05) is 19.1 Å². The summed E-state index contributed by atoms with van der Waals surface area (Å²) in [5.74, 6) is 0. The van der Waals surface area contributed by atoms with Crippen LogP contribution in [0.25, 0.3) is 0 Å². The Kier molecular flexibility index (Phi) is 6.15. The topological polar surface area (TPSA) is 58.6 Å². The Bertz CT molecular complexity index is 646. The zero-order chi connectivity index (χ0) is 17.8. The quantitative estimate of drug-likeness (QED) is 0.805. The van der Waals surface area contributed by atoms with Crippen molar-refractivity contribution >= 4 is 10.0 Å². The number of nitrogens with one attached hydrogen (secondary N) is 1. The first-order valence-electron chi connectivity index (χ1n) is 9.42. The van der Waals surface area contributed by atoms with Gasteiger partial charge in [-0.05, 0) is 62.9 Å². The molecule has 1 aromatic rings. The lowest BCUT2D eigenvalue weighted by Crippen LogP contribution is -2.47. The van der Waals surface area contributed by atoms with Crippen LogP contribution in [0.15, 0.2) is 29.2 Å². The van der Waals surface area contributed by atoms with Crippen LogP contribution < -0.4 is 4.72 Å². The molecular weight excluding hydrogens is 336 g/mol. The van der Waals surface area contributed by atoms with Gasteiger partial charge in [0.25, 0.3) is 0 Å². The highest BCUT2D eigenvalue weighted by Gasteiger charge is 2.36. The molecule has 0 saturated carbocycles. The van der Waals surface area contributed by atoms with Gasteiger partial charge < -0.3 is 9.64 Å². The summed E-state index contributed by atoms with van der Waals surface area (Å²) in [6.07, 6.45) is 5.25. The third kappa shape index (κ3) is 4.82. The first-order valence-corrected chi connectivity index (χ1v) is 10.9. The van der Waals surface area contributed by atoms with Crippen LogP contribution in [-0.2, 0) is 21.2 Å². The molecule has 0 spiro atoms. The second kappa shape index (κ2) is 8.16. The van der Waals surface area contributed by atoms with Crippen molar-refractivity contribution in [3.8, 4) is 0 Å². The maximum absolute atomic E-state index is 12.7. The fraction of sp³-hybridized carbons (Fsp3) is 0.684. The molecule has 2 aliphatic rings. The average Bonchev–Trinajstić information content (AvgIpc) is 3.14. The molecule has 140 valence electrons. The Labute approximate surface area is 151 Å². The van der Waals surface area contributed by atoms with Crippen LogP contribution in [0.2, 0.25) is 0 Å². The van der Waals surface area contributed by atoms with E-state index in [1.165, 1.54) is 12.8 Å². The van der Waals surface area contributed by atoms with Gasteiger partial charge in [-0.3, -0.25) is 0 Å². The molecule has 2 heterocycles. The minimum absolute atomic E-state index is 0.0149. The van der Waals surface area contributed by atoms with Crippen LogP contribution in [0.4, 0.5) is 0 Å². The van der Waals surface area contributed by atoms with Crippen LogP contribution >= 0.6 is 0 Å². The van der Waals surface area contributed by atoms with E-state index in [4.69, 9.17) is 4.74 Å². The summed E-state index contributed by atoms with van der Waals surface area (Å²) >= 11 is 0. The summed E-state index contributed by atoms with van der Waals surface area (Å²) in [5.41, 5.74) is 1.13. The highest BCUT2D eigenvalue weighted by Crippen LogP contribution is 2.32. The van der Waals surface area contributed by atoms with E-state index in [1.807, 2.05) is 12.1 Å². The van der Waals surface area contributed by atoms with E-state index in [0.717, 1.165) is 57.7 Å². The molecule has 1 aromatic carbocycles. The Morgan fingerprint density at radius 1 is 1.12 bits per heavy atom.